The molecule has 134 valence electrons. The third kappa shape index (κ3) is 4.38. The molecule has 1 saturated heterocycles. The topological polar surface area (TPSA) is 54.5 Å². The normalized spacial score (nSPS) is 15.9. The van der Waals surface area contributed by atoms with Crippen molar-refractivity contribution in [2.75, 3.05) is 26.7 Å². The fraction of sp³-hybridized carbons (Fsp3) is 0.474. The second-order valence-corrected chi connectivity index (χ2v) is 7.14. The predicted octanol–water partition coefficient (Wildman–Crippen LogP) is 3.42. The quantitative estimate of drug-likeness (QED) is 0.823. The Labute approximate surface area is 153 Å². The summed E-state index contributed by atoms with van der Waals surface area (Å²) in [6.07, 6.45) is 3.58. The van der Waals surface area contributed by atoms with Gasteiger partial charge < -0.3 is 10.1 Å². The Kier molecular flexibility index (Phi) is 6.04. The van der Waals surface area contributed by atoms with Crippen LogP contribution in [0.25, 0.3) is 10.6 Å². The Bertz CT molecular complexity index is 693. The maximum Gasteiger partial charge on any atom is 0.270 e. The first-order valence-corrected chi connectivity index (χ1v) is 9.71. The van der Waals surface area contributed by atoms with Crippen LogP contribution in [0.5, 0.6) is 5.75 Å². The molecular weight excluding hydrogens is 334 g/mol. The van der Waals surface area contributed by atoms with Gasteiger partial charge in [0.25, 0.3) is 5.91 Å². The van der Waals surface area contributed by atoms with Gasteiger partial charge in [0, 0.05) is 23.5 Å². The van der Waals surface area contributed by atoms with Crippen LogP contribution in [0.1, 0.15) is 36.7 Å². The zero-order valence-electron chi connectivity index (χ0n) is 14.8. The molecule has 1 aliphatic heterocycles. The van der Waals surface area contributed by atoms with E-state index in [1.165, 1.54) is 24.2 Å². The predicted molar refractivity (Wildman–Crippen MR) is 101 cm³/mol. The van der Waals surface area contributed by atoms with E-state index in [-0.39, 0.29) is 5.91 Å². The summed E-state index contributed by atoms with van der Waals surface area (Å²) in [5.74, 6) is 0.722. The van der Waals surface area contributed by atoms with Crippen LogP contribution in [0.4, 0.5) is 0 Å². The lowest BCUT2D eigenvalue weighted by atomic mass is 10.2. The van der Waals surface area contributed by atoms with Gasteiger partial charge in [-0.05, 0) is 56.6 Å². The average Bonchev–Trinajstić information content (AvgIpc) is 3.34. The Morgan fingerprint density at radius 2 is 2.04 bits per heavy atom. The lowest BCUT2D eigenvalue weighted by molar-refractivity contribution is 0.0933. The zero-order chi connectivity index (χ0) is 17.6. The number of nitrogens with zero attached hydrogens (tertiary/aromatic N) is 2. The number of hydrogen-bond acceptors (Lipinski definition) is 5. The van der Waals surface area contributed by atoms with Crippen LogP contribution in [-0.4, -0.2) is 48.6 Å². The molecule has 2 aromatic rings. The number of carbonyl (C=O) groups is 1. The second kappa shape index (κ2) is 8.45. The number of likely N-dealkylation sites (tertiary alicyclic amines) is 1. The Morgan fingerprint density at radius 3 is 2.68 bits per heavy atom. The molecule has 1 amide bonds. The maximum atomic E-state index is 12.4. The number of amides is 1. The number of benzene rings is 1. The van der Waals surface area contributed by atoms with Crippen LogP contribution in [0, 0.1) is 0 Å². The van der Waals surface area contributed by atoms with E-state index in [2.05, 4.69) is 22.1 Å². The summed E-state index contributed by atoms with van der Waals surface area (Å²) in [6.45, 7) is 5.16. The van der Waals surface area contributed by atoms with Crippen LogP contribution in [0.2, 0.25) is 0 Å². The molecule has 1 atom stereocenters. The number of ether oxygens (including phenoxy) is 1. The maximum absolute atomic E-state index is 12.4. The van der Waals surface area contributed by atoms with Crippen molar-refractivity contribution in [3.8, 4) is 16.3 Å². The lowest BCUT2D eigenvalue weighted by Gasteiger charge is -2.26. The van der Waals surface area contributed by atoms with Gasteiger partial charge in [-0.2, -0.15) is 0 Å². The van der Waals surface area contributed by atoms with Crippen molar-refractivity contribution in [2.45, 2.75) is 32.2 Å². The molecule has 0 radical (unpaired) electrons. The van der Waals surface area contributed by atoms with E-state index in [9.17, 15) is 4.79 Å². The molecule has 1 N–H and O–H groups in total. The Balaban J connectivity index is 1.59. The van der Waals surface area contributed by atoms with Crippen molar-refractivity contribution in [2.24, 2.45) is 0 Å². The molecule has 1 aromatic heterocycles. The van der Waals surface area contributed by atoms with Crippen LogP contribution < -0.4 is 10.1 Å². The van der Waals surface area contributed by atoms with Gasteiger partial charge in [-0.25, -0.2) is 4.98 Å². The monoisotopic (exact) mass is 359 g/mol. The van der Waals surface area contributed by atoms with Crippen molar-refractivity contribution in [1.29, 1.82) is 0 Å². The summed E-state index contributed by atoms with van der Waals surface area (Å²) in [7, 11) is 1.65. The van der Waals surface area contributed by atoms with Crippen LogP contribution in [0.15, 0.2) is 29.6 Å². The molecule has 1 unspecified atom stereocenters. The van der Waals surface area contributed by atoms with E-state index in [1.54, 1.807) is 7.11 Å². The van der Waals surface area contributed by atoms with Crippen LogP contribution in [0.3, 0.4) is 0 Å². The minimum atomic E-state index is -0.0892. The molecule has 5 nitrogen and oxygen atoms in total. The van der Waals surface area contributed by atoms with Crippen molar-refractivity contribution in [3.05, 3.63) is 35.3 Å². The molecule has 25 heavy (non-hydrogen) atoms. The fourth-order valence-corrected chi connectivity index (χ4v) is 3.99. The SMILES string of the molecule is CCC(CNC(=O)c1csc(-c2ccc(OC)cc2)n1)N1CCCC1. The van der Waals surface area contributed by atoms with E-state index in [4.69, 9.17) is 4.74 Å². The fourth-order valence-electron chi connectivity index (χ4n) is 3.18. The van der Waals surface area contributed by atoms with Gasteiger partial charge in [0.2, 0.25) is 0 Å². The Morgan fingerprint density at radius 1 is 1.32 bits per heavy atom. The summed E-state index contributed by atoms with van der Waals surface area (Å²) in [5.41, 5.74) is 1.49. The van der Waals surface area contributed by atoms with Crippen molar-refractivity contribution >= 4 is 17.2 Å². The van der Waals surface area contributed by atoms with Gasteiger partial charge in [-0.15, -0.1) is 11.3 Å². The second-order valence-electron chi connectivity index (χ2n) is 6.28. The number of rotatable bonds is 7. The Hall–Kier alpha value is -1.92. The number of carbonyl (C=O) groups excluding carboxylic acids is 1. The number of thiazole rings is 1. The van der Waals surface area contributed by atoms with E-state index in [0.29, 0.717) is 18.3 Å². The molecule has 3 rings (SSSR count). The minimum absolute atomic E-state index is 0.0892. The molecule has 6 heteroatoms. The molecule has 2 heterocycles. The van der Waals surface area contributed by atoms with Gasteiger partial charge in [0.05, 0.1) is 7.11 Å². The number of aromatic nitrogens is 1. The van der Waals surface area contributed by atoms with Gasteiger partial charge in [0.15, 0.2) is 0 Å². The summed E-state index contributed by atoms with van der Waals surface area (Å²) in [4.78, 5) is 19.4. The first-order chi connectivity index (χ1) is 12.2. The molecule has 0 spiro atoms. The summed E-state index contributed by atoms with van der Waals surface area (Å²) < 4.78 is 5.17. The highest BCUT2D eigenvalue weighted by atomic mass is 32.1. The average molecular weight is 359 g/mol. The standard InChI is InChI=1S/C19H25N3O2S/c1-3-15(22-10-4-5-11-22)12-20-18(23)17-13-25-19(21-17)14-6-8-16(24-2)9-7-14/h6-9,13,15H,3-5,10-12H2,1-2H3,(H,20,23). The minimum Gasteiger partial charge on any atom is -0.497 e. The summed E-state index contributed by atoms with van der Waals surface area (Å²) in [5, 5.41) is 5.73. The molecular formula is C19H25N3O2S. The number of methoxy groups -OCH3 is 1. The zero-order valence-corrected chi connectivity index (χ0v) is 15.6. The highest BCUT2D eigenvalue weighted by molar-refractivity contribution is 7.13. The van der Waals surface area contributed by atoms with E-state index in [1.807, 2.05) is 29.6 Å². The first kappa shape index (κ1) is 17.9. The first-order valence-electron chi connectivity index (χ1n) is 8.83. The highest BCUT2D eigenvalue weighted by Crippen LogP contribution is 2.25. The lowest BCUT2D eigenvalue weighted by Crippen LogP contribution is -2.42. The summed E-state index contributed by atoms with van der Waals surface area (Å²) >= 11 is 1.49. The largest absolute Gasteiger partial charge is 0.497 e. The smallest absolute Gasteiger partial charge is 0.270 e. The molecule has 0 bridgehead atoms. The third-order valence-corrected chi connectivity index (χ3v) is 5.59. The molecule has 0 saturated carbocycles. The summed E-state index contributed by atoms with van der Waals surface area (Å²) in [6, 6.07) is 8.14. The van der Waals surface area contributed by atoms with Crippen molar-refractivity contribution in [1.82, 2.24) is 15.2 Å². The van der Waals surface area contributed by atoms with Gasteiger partial charge in [0.1, 0.15) is 16.5 Å². The number of nitrogens with one attached hydrogen (secondary N) is 1. The van der Waals surface area contributed by atoms with Crippen molar-refractivity contribution in [3.63, 3.8) is 0 Å². The van der Waals surface area contributed by atoms with Gasteiger partial charge in [-0.1, -0.05) is 6.92 Å². The van der Waals surface area contributed by atoms with Crippen molar-refractivity contribution < 1.29 is 9.53 Å². The molecule has 1 fully saturated rings. The van der Waals surface area contributed by atoms with E-state index in [0.717, 1.165) is 35.8 Å². The molecule has 0 aliphatic carbocycles. The molecule has 1 aliphatic rings. The highest BCUT2D eigenvalue weighted by Gasteiger charge is 2.21. The van der Waals surface area contributed by atoms with E-state index < -0.39 is 0 Å². The third-order valence-electron chi connectivity index (χ3n) is 4.70. The van der Waals surface area contributed by atoms with Crippen LogP contribution in [-0.2, 0) is 0 Å². The van der Waals surface area contributed by atoms with Gasteiger partial charge >= 0.3 is 0 Å². The number of hydrogen-bond donors (Lipinski definition) is 1. The van der Waals surface area contributed by atoms with E-state index >= 15 is 0 Å². The molecule has 1 aromatic carbocycles. The van der Waals surface area contributed by atoms with Crippen LogP contribution >= 0.6 is 11.3 Å². The van der Waals surface area contributed by atoms with Gasteiger partial charge in [-0.3, -0.25) is 9.69 Å².